The summed E-state index contributed by atoms with van der Waals surface area (Å²) in [5.74, 6) is -0.202. The average molecular weight is 337 g/mol. The number of carbonyl (C=O) groups is 1. The minimum atomic E-state index is -0.491. The Balaban J connectivity index is 1.67. The van der Waals surface area contributed by atoms with Gasteiger partial charge in [-0.1, -0.05) is 11.6 Å². The molecule has 2 aromatic heterocycles. The molecular formula is C16H21ClN4O2. The first-order valence-electron chi connectivity index (χ1n) is 7.70. The van der Waals surface area contributed by atoms with Crippen LogP contribution in [0.25, 0.3) is 11.0 Å². The quantitative estimate of drug-likeness (QED) is 0.854. The fraction of sp³-hybridized carbons (Fsp3) is 0.500. The number of aromatic nitrogens is 2. The van der Waals surface area contributed by atoms with E-state index in [0.717, 1.165) is 29.8 Å². The zero-order chi connectivity index (χ0) is 16.6. The summed E-state index contributed by atoms with van der Waals surface area (Å²) in [6, 6.07) is 3.70. The van der Waals surface area contributed by atoms with E-state index in [4.69, 9.17) is 16.4 Å². The van der Waals surface area contributed by atoms with Gasteiger partial charge in [-0.2, -0.15) is 0 Å². The van der Waals surface area contributed by atoms with E-state index in [0.29, 0.717) is 18.2 Å². The molecule has 0 amide bonds. The minimum absolute atomic E-state index is 0.202. The second-order valence-corrected chi connectivity index (χ2v) is 7.14. The average Bonchev–Trinajstić information content (AvgIpc) is 2.90. The van der Waals surface area contributed by atoms with Gasteiger partial charge >= 0.3 is 5.97 Å². The molecule has 2 aromatic rings. The van der Waals surface area contributed by atoms with Crippen molar-refractivity contribution >= 4 is 34.3 Å². The third kappa shape index (κ3) is 3.43. The number of aromatic amines is 1. The first-order valence-corrected chi connectivity index (χ1v) is 8.08. The molecule has 7 heteroatoms. The fourth-order valence-corrected chi connectivity index (χ4v) is 2.62. The van der Waals surface area contributed by atoms with Crippen molar-refractivity contribution in [1.82, 2.24) is 15.0 Å². The van der Waals surface area contributed by atoms with Crippen LogP contribution in [0.2, 0.25) is 5.15 Å². The first-order chi connectivity index (χ1) is 10.8. The molecule has 0 aromatic carbocycles. The number of hydrogen-bond acceptors (Lipinski definition) is 5. The number of nitrogens with one attached hydrogen (secondary N) is 1. The van der Waals surface area contributed by atoms with Gasteiger partial charge in [-0.3, -0.25) is 0 Å². The van der Waals surface area contributed by atoms with Crippen LogP contribution in [0.4, 0.5) is 5.69 Å². The highest BCUT2D eigenvalue weighted by atomic mass is 35.5. The van der Waals surface area contributed by atoms with Crippen LogP contribution in [0.5, 0.6) is 0 Å². The van der Waals surface area contributed by atoms with Crippen molar-refractivity contribution in [3.05, 3.63) is 23.5 Å². The molecule has 0 saturated carbocycles. The van der Waals surface area contributed by atoms with E-state index in [1.54, 1.807) is 11.1 Å². The van der Waals surface area contributed by atoms with E-state index in [2.05, 4.69) is 14.9 Å². The number of H-pyrrole nitrogens is 1. The van der Waals surface area contributed by atoms with Gasteiger partial charge in [0.05, 0.1) is 29.7 Å². The van der Waals surface area contributed by atoms with Crippen LogP contribution in [-0.4, -0.2) is 47.2 Å². The van der Waals surface area contributed by atoms with Crippen molar-refractivity contribution in [2.45, 2.75) is 20.8 Å². The number of hydroxylamine groups is 2. The fourth-order valence-electron chi connectivity index (χ4n) is 2.48. The molecule has 6 nitrogen and oxygen atoms in total. The van der Waals surface area contributed by atoms with Crippen LogP contribution in [0.1, 0.15) is 20.8 Å². The highest BCUT2D eigenvalue weighted by molar-refractivity contribution is 6.29. The number of hydrogen-bond donors (Lipinski definition) is 1. The number of anilines is 1. The molecule has 1 aliphatic heterocycles. The van der Waals surface area contributed by atoms with Crippen molar-refractivity contribution in [3.63, 3.8) is 0 Å². The zero-order valence-electron chi connectivity index (χ0n) is 13.6. The molecule has 1 fully saturated rings. The van der Waals surface area contributed by atoms with Gasteiger partial charge < -0.3 is 14.7 Å². The van der Waals surface area contributed by atoms with Gasteiger partial charge in [0, 0.05) is 19.3 Å². The molecule has 124 valence electrons. The van der Waals surface area contributed by atoms with Gasteiger partial charge in [-0.05, 0) is 32.9 Å². The van der Waals surface area contributed by atoms with Crippen LogP contribution in [0.15, 0.2) is 18.3 Å². The summed E-state index contributed by atoms with van der Waals surface area (Å²) < 4.78 is 0. The van der Waals surface area contributed by atoms with Gasteiger partial charge in [-0.25, -0.2) is 9.78 Å². The molecular weight excluding hydrogens is 316 g/mol. The first kappa shape index (κ1) is 16.1. The van der Waals surface area contributed by atoms with Gasteiger partial charge in [0.25, 0.3) is 0 Å². The number of nitrogens with zero attached hydrogens (tertiary/aromatic N) is 3. The lowest BCUT2D eigenvalue weighted by atomic mass is 9.98. The Morgan fingerprint density at radius 3 is 2.61 bits per heavy atom. The normalized spacial score (nSPS) is 16.8. The van der Waals surface area contributed by atoms with Gasteiger partial charge in [0.2, 0.25) is 0 Å². The largest absolute Gasteiger partial charge is 0.367 e. The van der Waals surface area contributed by atoms with Gasteiger partial charge in [0.1, 0.15) is 10.7 Å². The monoisotopic (exact) mass is 336 g/mol. The summed E-state index contributed by atoms with van der Waals surface area (Å²) in [6.45, 7) is 8.41. The van der Waals surface area contributed by atoms with Crippen LogP contribution < -0.4 is 4.90 Å². The van der Waals surface area contributed by atoms with Crippen LogP contribution in [0.3, 0.4) is 0 Å². The van der Waals surface area contributed by atoms with Crippen LogP contribution in [0, 0.1) is 5.41 Å². The summed E-state index contributed by atoms with van der Waals surface area (Å²) in [7, 11) is 0. The summed E-state index contributed by atoms with van der Waals surface area (Å²) in [6.07, 6.45) is 1.95. The maximum Gasteiger partial charge on any atom is 0.330 e. The standard InChI is InChI=1S/C16H21ClN4O2/c1-16(2,3)15(22)23-21-8-6-20(7-9-21)12-10-18-11-4-5-13(17)19-14(11)12/h4-5,10,18H,6-9H2,1-3H3. The van der Waals surface area contributed by atoms with E-state index in [1.165, 1.54) is 0 Å². The predicted octanol–water partition coefficient (Wildman–Crippen LogP) is 2.84. The third-order valence-corrected chi connectivity index (χ3v) is 4.08. The smallest absolute Gasteiger partial charge is 0.330 e. The number of fused-ring (bicyclic) bond motifs is 1. The Morgan fingerprint density at radius 2 is 1.96 bits per heavy atom. The summed E-state index contributed by atoms with van der Waals surface area (Å²) in [4.78, 5) is 27.2. The molecule has 0 bridgehead atoms. The minimum Gasteiger partial charge on any atom is -0.367 e. The molecule has 1 saturated heterocycles. The Bertz CT molecular complexity index is 714. The van der Waals surface area contributed by atoms with Crippen molar-refractivity contribution in [3.8, 4) is 0 Å². The predicted molar refractivity (Wildman–Crippen MR) is 90.4 cm³/mol. The van der Waals surface area contributed by atoms with Crippen LogP contribution in [-0.2, 0) is 9.63 Å². The summed E-state index contributed by atoms with van der Waals surface area (Å²) >= 11 is 6.00. The molecule has 1 aliphatic rings. The Hall–Kier alpha value is -1.79. The highest BCUT2D eigenvalue weighted by Gasteiger charge is 2.28. The molecule has 0 spiro atoms. The lowest BCUT2D eigenvalue weighted by Gasteiger charge is -2.35. The second-order valence-electron chi connectivity index (χ2n) is 6.75. The summed E-state index contributed by atoms with van der Waals surface area (Å²) in [5.41, 5.74) is 2.38. The Kier molecular flexibility index (Phi) is 4.21. The van der Waals surface area contributed by atoms with Gasteiger partial charge in [0.15, 0.2) is 0 Å². The molecule has 3 heterocycles. The molecule has 23 heavy (non-hydrogen) atoms. The molecule has 3 rings (SSSR count). The number of halogens is 1. The molecule has 0 aliphatic carbocycles. The lowest BCUT2D eigenvalue weighted by molar-refractivity contribution is -0.201. The van der Waals surface area contributed by atoms with Crippen LogP contribution >= 0.6 is 11.6 Å². The number of pyridine rings is 1. The van der Waals surface area contributed by atoms with E-state index >= 15 is 0 Å². The van der Waals surface area contributed by atoms with E-state index in [1.807, 2.05) is 33.0 Å². The Labute approximate surface area is 140 Å². The highest BCUT2D eigenvalue weighted by Crippen LogP contribution is 2.27. The number of carbonyl (C=O) groups excluding carboxylic acids is 1. The third-order valence-electron chi connectivity index (χ3n) is 3.87. The number of piperazine rings is 1. The SMILES string of the molecule is CC(C)(C)C(=O)ON1CCN(c2c[nH]c3ccc(Cl)nc23)CC1. The van der Waals surface area contributed by atoms with Crippen molar-refractivity contribution in [1.29, 1.82) is 0 Å². The van der Waals surface area contributed by atoms with Gasteiger partial charge in [-0.15, -0.1) is 5.06 Å². The van der Waals surface area contributed by atoms with E-state index < -0.39 is 5.41 Å². The molecule has 0 unspecified atom stereocenters. The van der Waals surface area contributed by atoms with Crippen molar-refractivity contribution < 1.29 is 9.63 Å². The molecule has 0 atom stereocenters. The number of rotatable bonds is 2. The van der Waals surface area contributed by atoms with E-state index in [-0.39, 0.29) is 5.97 Å². The summed E-state index contributed by atoms with van der Waals surface area (Å²) in [5, 5.41) is 2.22. The molecule has 0 radical (unpaired) electrons. The lowest BCUT2D eigenvalue weighted by Crippen LogP contribution is -2.48. The zero-order valence-corrected chi connectivity index (χ0v) is 14.4. The topological polar surface area (TPSA) is 61.5 Å². The molecule has 1 N–H and O–H groups in total. The van der Waals surface area contributed by atoms with Crippen molar-refractivity contribution in [2.24, 2.45) is 5.41 Å². The second kappa shape index (κ2) is 6.02. The van der Waals surface area contributed by atoms with E-state index in [9.17, 15) is 4.79 Å². The maximum atomic E-state index is 11.9. The maximum absolute atomic E-state index is 11.9. The van der Waals surface area contributed by atoms with Crippen molar-refractivity contribution in [2.75, 3.05) is 31.1 Å². The Morgan fingerprint density at radius 1 is 1.26 bits per heavy atom.